The van der Waals surface area contributed by atoms with Crippen LogP contribution >= 0.6 is 0 Å². The van der Waals surface area contributed by atoms with Gasteiger partial charge in [-0.25, -0.2) is 0 Å². The van der Waals surface area contributed by atoms with Gasteiger partial charge in [0.2, 0.25) is 0 Å². The molecule has 0 aliphatic heterocycles. The van der Waals surface area contributed by atoms with Crippen molar-refractivity contribution in [1.29, 1.82) is 5.26 Å². The zero-order chi connectivity index (χ0) is 12.0. The predicted molar refractivity (Wildman–Crippen MR) is 68.1 cm³/mol. The second-order valence-corrected chi connectivity index (χ2v) is 3.98. The molecule has 0 saturated heterocycles. The van der Waals surface area contributed by atoms with Gasteiger partial charge in [-0.05, 0) is 24.1 Å². The fourth-order valence-electron chi connectivity index (χ4n) is 1.64. The van der Waals surface area contributed by atoms with Gasteiger partial charge in [0.15, 0.2) is 0 Å². The van der Waals surface area contributed by atoms with E-state index >= 15 is 0 Å². The second kappa shape index (κ2) is 6.02. The maximum atomic E-state index is 8.98. The molecule has 0 unspecified atom stereocenters. The number of nitrogen functional groups attached to an aromatic ring is 1. The zero-order valence-electron chi connectivity index (χ0n) is 9.96. The van der Waals surface area contributed by atoms with Gasteiger partial charge in [-0.15, -0.1) is 0 Å². The van der Waals surface area contributed by atoms with Gasteiger partial charge in [-0.1, -0.05) is 26.7 Å². The summed E-state index contributed by atoms with van der Waals surface area (Å²) in [6.07, 6.45) is 2.31. The first kappa shape index (κ1) is 12.4. The number of nitriles is 1. The second-order valence-electron chi connectivity index (χ2n) is 3.98. The highest BCUT2D eigenvalue weighted by molar-refractivity contribution is 5.62. The molecule has 0 fully saturated rings. The number of nitrogens with one attached hydrogen (secondary N) is 1. The molecule has 0 spiro atoms. The molecule has 1 aromatic rings. The summed E-state index contributed by atoms with van der Waals surface area (Å²) in [7, 11) is 0. The molecule has 0 saturated carbocycles. The standard InChI is InChI=1S/C13H19N3/c1-3-10(4-2)9-16-13-6-5-12(15)7-11(13)8-14/h5-7,10,16H,3-4,9,15H2,1-2H3. The van der Waals surface area contributed by atoms with E-state index in [9.17, 15) is 0 Å². The van der Waals surface area contributed by atoms with Crippen molar-refractivity contribution in [2.75, 3.05) is 17.6 Å². The van der Waals surface area contributed by atoms with E-state index in [1.807, 2.05) is 12.1 Å². The highest BCUT2D eigenvalue weighted by Gasteiger charge is 2.06. The van der Waals surface area contributed by atoms with E-state index in [2.05, 4.69) is 25.2 Å². The SMILES string of the molecule is CCC(CC)CNc1ccc(N)cc1C#N. The summed E-state index contributed by atoms with van der Waals surface area (Å²) in [5.41, 5.74) is 7.76. The Kier molecular flexibility index (Phi) is 4.65. The fraction of sp³-hybridized carbons (Fsp3) is 0.462. The predicted octanol–water partition coefficient (Wildman–Crippen LogP) is 2.99. The van der Waals surface area contributed by atoms with Crippen molar-refractivity contribution in [3.05, 3.63) is 23.8 Å². The quantitative estimate of drug-likeness (QED) is 0.745. The van der Waals surface area contributed by atoms with Crippen LogP contribution in [0, 0.1) is 17.2 Å². The third kappa shape index (κ3) is 3.16. The molecule has 0 aromatic heterocycles. The van der Waals surface area contributed by atoms with Crippen LogP contribution in [0.3, 0.4) is 0 Å². The molecule has 0 heterocycles. The monoisotopic (exact) mass is 217 g/mol. The number of nitrogens with two attached hydrogens (primary N) is 1. The topological polar surface area (TPSA) is 61.8 Å². The average molecular weight is 217 g/mol. The van der Waals surface area contributed by atoms with Crippen molar-refractivity contribution in [1.82, 2.24) is 0 Å². The molecule has 3 N–H and O–H groups in total. The van der Waals surface area contributed by atoms with Crippen LogP contribution in [0.5, 0.6) is 0 Å². The minimum absolute atomic E-state index is 0.617. The van der Waals surface area contributed by atoms with Crippen LogP contribution in [0.1, 0.15) is 32.3 Å². The average Bonchev–Trinajstić information content (AvgIpc) is 2.31. The number of anilines is 2. The van der Waals surface area contributed by atoms with Crippen molar-refractivity contribution in [3.63, 3.8) is 0 Å². The molecule has 3 heteroatoms. The van der Waals surface area contributed by atoms with Crippen molar-refractivity contribution in [2.45, 2.75) is 26.7 Å². The summed E-state index contributed by atoms with van der Waals surface area (Å²) < 4.78 is 0. The number of hydrogen-bond donors (Lipinski definition) is 2. The third-order valence-corrected chi connectivity index (χ3v) is 2.90. The van der Waals surface area contributed by atoms with E-state index in [0.717, 1.165) is 25.1 Å². The van der Waals surface area contributed by atoms with Gasteiger partial charge < -0.3 is 11.1 Å². The van der Waals surface area contributed by atoms with Gasteiger partial charge in [0.1, 0.15) is 6.07 Å². The van der Waals surface area contributed by atoms with E-state index in [0.29, 0.717) is 17.2 Å². The first-order valence-electron chi connectivity index (χ1n) is 5.74. The minimum Gasteiger partial charge on any atom is -0.399 e. The smallest absolute Gasteiger partial charge is 0.101 e. The number of nitrogens with zero attached hydrogens (tertiary/aromatic N) is 1. The summed E-state index contributed by atoms with van der Waals surface area (Å²) in [6.45, 7) is 5.28. The number of hydrogen-bond acceptors (Lipinski definition) is 3. The molecule has 1 aromatic carbocycles. The molecule has 0 atom stereocenters. The van der Waals surface area contributed by atoms with E-state index < -0.39 is 0 Å². The van der Waals surface area contributed by atoms with E-state index in [4.69, 9.17) is 11.0 Å². The third-order valence-electron chi connectivity index (χ3n) is 2.90. The number of benzene rings is 1. The first-order valence-corrected chi connectivity index (χ1v) is 5.74. The molecule has 0 aliphatic rings. The lowest BCUT2D eigenvalue weighted by Gasteiger charge is -2.15. The Labute approximate surface area is 97.3 Å². The molecular formula is C13H19N3. The Balaban J connectivity index is 2.70. The molecule has 0 radical (unpaired) electrons. The van der Waals surface area contributed by atoms with Crippen LogP contribution < -0.4 is 11.1 Å². The van der Waals surface area contributed by atoms with E-state index in [1.165, 1.54) is 0 Å². The lowest BCUT2D eigenvalue weighted by atomic mass is 10.0. The van der Waals surface area contributed by atoms with Crippen LogP contribution in [0.2, 0.25) is 0 Å². The van der Waals surface area contributed by atoms with Crippen LogP contribution in [0.4, 0.5) is 11.4 Å². The summed E-state index contributed by atoms with van der Waals surface area (Å²) in [5.74, 6) is 0.657. The summed E-state index contributed by atoms with van der Waals surface area (Å²) in [4.78, 5) is 0. The molecule has 0 bridgehead atoms. The molecule has 0 aliphatic carbocycles. The van der Waals surface area contributed by atoms with Crippen molar-refractivity contribution in [3.8, 4) is 6.07 Å². The lowest BCUT2D eigenvalue weighted by molar-refractivity contribution is 0.519. The van der Waals surface area contributed by atoms with E-state index in [1.54, 1.807) is 6.07 Å². The summed E-state index contributed by atoms with van der Waals surface area (Å²) in [5, 5.41) is 12.3. The number of rotatable bonds is 5. The van der Waals surface area contributed by atoms with Crippen molar-refractivity contribution in [2.24, 2.45) is 5.92 Å². The molecule has 16 heavy (non-hydrogen) atoms. The summed E-state index contributed by atoms with van der Waals surface area (Å²) in [6, 6.07) is 7.54. The lowest BCUT2D eigenvalue weighted by Crippen LogP contribution is -2.13. The Morgan fingerprint density at radius 2 is 2.06 bits per heavy atom. The van der Waals surface area contributed by atoms with Crippen molar-refractivity contribution >= 4 is 11.4 Å². The largest absolute Gasteiger partial charge is 0.399 e. The van der Waals surface area contributed by atoms with E-state index in [-0.39, 0.29) is 0 Å². The Bertz CT molecular complexity index is 375. The highest BCUT2D eigenvalue weighted by atomic mass is 14.9. The summed E-state index contributed by atoms with van der Waals surface area (Å²) >= 11 is 0. The maximum Gasteiger partial charge on any atom is 0.101 e. The van der Waals surface area contributed by atoms with Gasteiger partial charge in [0, 0.05) is 12.2 Å². The van der Waals surface area contributed by atoms with Gasteiger partial charge >= 0.3 is 0 Å². The first-order chi connectivity index (χ1) is 7.71. The molecule has 1 rings (SSSR count). The molecular weight excluding hydrogens is 198 g/mol. The molecule has 0 amide bonds. The minimum atomic E-state index is 0.617. The van der Waals surface area contributed by atoms with Crippen molar-refractivity contribution < 1.29 is 0 Å². The van der Waals surface area contributed by atoms with Crippen LogP contribution in [0.15, 0.2) is 18.2 Å². The normalized spacial score (nSPS) is 10.1. The highest BCUT2D eigenvalue weighted by Crippen LogP contribution is 2.19. The zero-order valence-corrected chi connectivity index (χ0v) is 9.96. The molecule has 3 nitrogen and oxygen atoms in total. The van der Waals surface area contributed by atoms with Crippen LogP contribution in [0.25, 0.3) is 0 Å². The Morgan fingerprint density at radius 1 is 1.38 bits per heavy atom. The molecule has 86 valence electrons. The maximum absolute atomic E-state index is 8.98. The van der Waals surface area contributed by atoms with Gasteiger partial charge in [0.25, 0.3) is 0 Å². The van der Waals surface area contributed by atoms with Gasteiger partial charge in [0.05, 0.1) is 11.3 Å². The fourth-order valence-corrected chi connectivity index (χ4v) is 1.64. The van der Waals surface area contributed by atoms with Crippen LogP contribution in [-0.2, 0) is 0 Å². The van der Waals surface area contributed by atoms with Gasteiger partial charge in [-0.3, -0.25) is 0 Å². The van der Waals surface area contributed by atoms with Crippen LogP contribution in [-0.4, -0.2) is 6.54 Å². The Hall–Kier alpha value is -1.69. The van der Waals surface area contributed by atoms with Gasteiger partial charge in [-0.2, -0.15) is 5.26 Å². The Morgan fingerprint density at radius 3 is 2.62 bits per heavy atom.